The molecule has 0 bridgehead atoms. The van der Waals surface area contributed by atoms with Gasteiger partial charge < -0.3 is 10.6 Å². The summed E-state index contributed by atoms with van der Waals surface area (Å²) in [5.41, 5.74) is 0.771. The molecule has 0 unspecified atom stereocenters. The molecule has 0 atom stereocenters. The van der Waals surface area contributed by atoms with Crippen LogP contribution in [0, 0.1) is 0 Å². The van der Waals surface area contributed by atoms with Crippen molar-refractivity contribution in [1.82, 2.24) is 25.1 Å². The number of anilines is 1. The van der Waals surface area contributed by atoms with Crippen molar-refractivity contribution in [1.29, 1.82) is 0 Å². The minimum absolute atomic E-state index is 0.0562. The molecule has 2 rings (SSSR count). The zero-order valence-electron chi connectivity index (χ0n) is 15.0. The number of amides is 1. The number of carbonyl (C=O) groups excluding carboxylic acids is 1. The Morgan fingerprint density at radius 3 is 2.72 bits per heavy atom. The summed E-state index contributed by atoms with van der Waals surface area (Å²) in [6, 6.07) is 0.258. The van der Waals surface area contributed by atoms with Crippen LogP contribution in [0.25, 0.3) is 11.0 Å². The highest BCUT2D eigenvalue weighted by Crippen LogP contribution is 2.26. The summed E-state index contributed by atoms with van der Waals surface area (Å²) in [6.45, 7) is 9.38. The fraction of sp³-hybridized carbons (Fsp3) is 0.625. The van der Waals surface area contributed by atoms with Crippen molar-refractivity contribution >= 4 is 46.1 Å². The molecule has 2 N–H and O–H groups in total. The van der Waals surface area contributed by atoms with Crippen LogP contribution in [0.4, 0.5) is 5.82 Å². The van der Waals surface area contributed by atoms with Gasteiger partial charge in [-0.15, -0.1) is 11.6 Å². The Morgan fingerprint density at radius 2 is 2.08 bits per heavy atom. The van der Waals surface area contributed by atoms with Gasteiger partial charge in [-0.2, -0.15) is 5.10 Å². The predicted molar refractivity (Wildman–Crippen MR) is 103 cm³/mol. The Bertz CT molecular complexity index is 718. The Balaban J connectivity index is 2.24. The van der Waals surface area contributed by atoms with Gasteiger partial charge in [0.05, 0.1) is 18.1 Å². The maximum atomic E-state index is 11.5. The number of halogens is 1. The van der Waals surface area contributed by atoms with Gasteiger partial charge in [0.25, 0.3) is 0 Å². The second-order valence-electron chi connectivity index (χ2n) is 6.21. The van der Waals surface area contributed by atoms with Crippen LogP contribution in [0.1, 0.15) is 34.1 Å². The second kappa shape index (κ2) is 9.24. The van der Waals surface area contributed by atoms with Crippen molar-refractivity contribution in [3.8, 4) is 0 Å². The van der Waals surface area contributed by atoms with E-state index in [1.165, 1.54) is 0 Å². The quantitative estimate of drug-likeness (QED) is 0.393. The predicted octanol–water partition coefficient (Wildman–Crippen LogP) is 2.89. The molecule has 9 heteroatoms. The van der Waals surface area contributed by atoms with Gasteiger partial charge in [0, 0.05) is 30.1 Å². The highest BCUT2D eigenvalue weighted by molar-refractivity contribution is 7.99. The number of alkyl halides is 1. The van der Waals surface area contributed by atoms with E-state index in [0.29, 0.717) is 30.6 Å². The fourth-order valence-corrected chi connectivity index (χ4v) is 3.10. The number of nitrogens with zero attached hydrogens (tertiary/aromatic N) is 4. The van der Waals surface area contributed by atoms with E-state index in [9.17, 15) is 4.79 Å². The van der Waals surface area contributed by atoms with Gasteiger partial charge >= 0.3 is 0 Å². The lowest BCUT2D eigenvalue weighted by molar-refractivity contribution is -0.120. The van der Waals surface area contributed by atoms with Gasteiger partial charge in [-0.25, -0.2) is 14.6 Å². The molecule has 1 amide bonds. The van der Waals surface area contributed by atoms with Crippen LogP contribution in [0.15, 0.2) is 11.4 Å². The summed E-state index contributed by atoms with van der Waals surface area (Å²) in [4.78, 5) is 20.8. The second-order valence-corrected chi connectivity index (χ2v) is 8.14. The van der Waals surface area contributed by atoms with E-state index in [2.05, 4.69) is 53.4 Å². The number of fused-ring (bicyclic) bond motifs is 1. The van der Waals surface area contributed by atoms with E-state index >= 15 is 0 Å². The number of hydrogen-bond acceptors (Lipinski definition) is 6. The lowest BCUT2D eigenvalue weighted by Gasteiger charge is -2.12. The van der Waals surface area contributed by atoms with Crippen LogP contribution < -0.4 is 10.6 Å². The molecule has 0 saturated heterocycles. The first-order valence-electron chi connectivity index (χ1n) is 8.40. The Morgan fingerprint density at radius 1 is 1.32 bits per heavy atom. The van der Waals surface area contributed by atoms with Crippen LogP contribution >= 0.6 is 23.4 Å². The molecular formula is C16H25ClN6OS. The molecule has 2 aromatic rings. The van der Waals surface area contributed by atoms with Crippen LogP contribution in [-0.2, 0) is 11.3 Å². The zero-order valence-corrected chi connectivity index (χ0v) is 16.6. The molecule has 138 valence electrons. The average Bonchev–Trinajstić information content (AvgIpc) is 2.90. The van der Waals surface area contributed by atoms with Crippen LogP contribution in [0.2, 0.25) is 0 Å². The molecule has 25 heavy (non-hydrogen) atoms. The van der Waals surface area contributed by atoms with Gasteiger partial charge in [0.2, 0.25) is 5.91 Å². The number of thioether (sulfide) groups is 1. The maximum Gasteiger partial charge on any atom is 0.221 e. The van der Waals surface area contributed by atoms with Crippen molar-refractivity contribution in [3.05, 3.63) is 6.20 Å². The van der Waals surface area contributed by atoms with Crippen molar-refractivity contribution in [2.45, 2.75) is 57.1 Å². The highest BCUT2D eigenvalue weighted by atomic mass is 35.5. The third-order valence-electron chi connectivity index (χ3n) is 3.21. The molecule has 2 heterocycles. The van der Waals surface area contributed by atoms with Crippen molar-refractivity contribution in [2.75, 3.05) is 17.7 Å². The first-order valence-corrected chi connectivity index (χ1v) is 9.81. The lowest BCUT2D eigenvalue weighted by Crippen LogP contribution is -2.27. The molecule has 0 saturated carbocycles. The minimum atomic E-state index is -0.0562. The molecule has 0 fully saturated rings. The summed E-state index contributed by atoms with van der Waals surface area (Å²) in [6.07, 6.45) is 2.09. The van der Waals surface area contributed by atoms with Gasteiger partial charge in [0.1, 0.15) is 5.82 Å². The SMILES string of the molecule is CC(C)Nc1nc(SC(C)C)nc2c1cnn2CCNC(=O)CCCl. The Hall–Kier alpha value is -1.54. The number of rotatable bonds is 9. The summed E-state index contributed by atoms with van der Waals surface area (Å²) in [7, 11) is 0. The lowest BCUT2D eigenvalue weighted by atomic mass is 10.3. The van der Waals surface area contributed by atoms with Crippen LogP contribution in [0.3, 0.4) is 0 Å². The average molecular weight is 385 g/mol. The van der Waals surface area contributed by atoms with Gasteiger partial charge in [-0.1, -0.05) is 25.6 Å². The number of nitrogens with one attached hydrogen (secondary N) is 2. The van der Waals surface area contributed by atoms with Crippen molar-refractivity contribution in [3.63, 3.8) is 0 Å². The van der Waals surface area contributed by atoms with Crippen molar-refractivity contribution < 1.29 is 4.79 Å². The maximum absolute atomic E-state index is 11.5. The fourth-order valence-electron chi connectivity index (χ4n) is 2.22. The van der Waals surface area contributed by atoms with E-state index in [0.717, 1.165) is 22.0 Å². The summed E-state index contributed by atoms with van der Waals surface area (Å²) >= 11 is 7.18. The largest absolute Gasteiger partial charge is 0.367 e. The standard InChI is InChI=1S/C16H25ClN6OS/c1-10(2)20-14-12-9-19-23(8-7-18-13(24)5-6-17)15(12)22-16(21-14)25-11(3)4/h9-11H,5-8H2,1-4H3,(H,18,24)(H,20,21,22). The van der Waals surface area contributed by atoms with Gasteiger partial charge in [0.15, 0.2) is 10.8 Å². The highest BCUT2D eigenvalue weighted by Gasteiger charge is 2.15. The zero-order chi connectivity index (χ0) is 18.4. The Labute approximate surface area is 157 Å². The summed E-state index contributed by atoms with van der Waals surface area (Å²) in [5.74, 6) is 1.06. The van der Waals surface area contributed by atoms with E-state index in [-0.39, 0.29) is 11.9 Å². The molecule has 2 aromatic heterocycles. The molecule has 0 aliphatic rings. The van der Waals surface area contributed by atoms with Crippen LogP contribution in [0.5, 0.6) is 0 Å². The van der Waals surface area contributed by atoms with Crippen LogP contribution in [-0.4, -0.2) is 49.4 Å². The third-order valence-corrected chi connectivity index (χ3v) is 4.26. The minimum Gasteiger partial charge on any atom is -0.367 e. The number of aromatic nitrogens is 4. The molecule has 0 aromatic carbocycles. The molecule has 0 radical (unpaired) electrons. The first-order chi connectivity index (χ1) is 11.9. The van der Waals surface area contributed by atoms with E-state index in [1.807, 2.05) is 0 Å². The number of carbonyl (C=O) groups is 1. The third kappa shape index (κ3) is 5.74. The van der Waals surface area contributed by atoms with Crippen molar-refractivity contribution in [2.24, 2.45) is 0 Å². The van der Waals surface area contributed by atoms with Gasteiger partial charge in [-0.05, 0) is 13.8 Å². The molecule has 0 aliphatic heterocycles. The van der Waals surface area contributed by atoms with E-state index < -0.39 is 0 Å². The number of hydrogen-bond donors (Lipinski definition) is 2. The summed E-state index contributed by atoms with van der Waals surface area (Å²) < 4.78 is 1.80. The van der Waals surface area contributed by atoms with E-state index in [1.54, 1.807) is 22.6 Å². The molecule has 0 aliphatic carbocycles. The molecule has 0 spiro atoms. The molecule has 7 nitrogen and oxygen atoms in total. The summed E-state index contributed by atoms with van der Waals surface area (Å²) in [5, 5.41) is 12.6. The Kier molecular flexibility index (Phi) is 7.31. The smallest absolute Gasteiger partial charge is 0.221 e. The normalized spacial score (nSPS) is 11.5. The van der Waals surface area contributed by atoms with Gasteiger partial charge in [-0.3, -0.25) is 4.79 Å². The molecular weight excluding hydrogens is 360 g/mol. The van der Waals surface area contributed by atoms with E-state index in [4.69, 9.17) is 11.6 Å². The topological polar surface area (TPSA) is 84.7 Å². The monoisotopic (exact) mass is 384 g/mol. The first kappa shape index (κ1) is 19.8.